The van der Waals surface area contributed by atoms with Crippen molar-refractivity contribution in [1.29, 1.82) is 0 Å². The van der Waals surface area contributed by atoms with E-state index in [2.05, 4.69) is 5.32 Å². The molecule has 0 spiro atoms. The number of rotatable bonds is 6. The number of nitrogens with one attached hydrogen (secondary N) is 1. The van der Waals surface area contributed by atoms with Crippen molar-refractivity contribution in [2.45, 2.75) is 38.5 Å². The van der Waals surface area contributed by atoms with Gasteiger partial charge in [0.15, 0.2) is 0 Å². The summed E-state index contributed by atoms with van der Waals surface area (Å²) in [5.41, 5.74) is -0.306. The van der Waals surface area contributed by atoms with Gasteiger partial charge in [-0.1, -0.05) is 19.3 Å². The molecule has 0 saturated heterocycles. The monoisotopic (exact) mass is 272 g/mol. The summed E-state index contributed by atoms with van der Waals surface area (Å²) < 4.78 is 0. The van der Waals surface area contributed by atoms with Crippen LogP contribution in [0.25, 0.3) is 0 Å². The van der Waals surface area contributed by atoms with Crippen molar-refractivity contribution < 1.29 is 19.8 Å². The fourth-order valence-electron chi connectivity index (χ4n) is 2.69. The first kappa shape index (κ1) is 15.8. The van der Waals surface area contributed by atoms with E-state index >= 15 is 0 Å². The Labute approximate surface area is 113 Å². The molecule has 0 atom stereocenters. The van der Waals surface area contributed by atoms with E-state index < -0.39 is 5.97 Å². The Morgan fingerprint density at radius 3 is 2.42 bits per heavy atom. The van der Waals surface area contributed by atoms with E-state index in [1.54, 1.807) is 7.05 Å². The minimum absolute atomic E-state index is 0.0792. The number of carboxylic acid groups (broad SMARTS) is 1. The maximum atomic E-state index is 11.8. The number of aliphatic hydroxyl groups excluding tert-OH is 1. The first-order chi connectivity index (χ1) is 8.99. The zero-order valence-electron chi connectivity index (χ0n) is 11.5. The van der Waals surface area contributed by atoms with E-state index in [9.17, 15) is 9.59 Å². The Bertz CT molecular complexity index is 314. The zero-order valence-corrected chi connectivity index (χ0v) is 11.5. The van der Waals surface area contributed by atoms with Gasteiger partial charge in [-0.2, -0.15) is 0 Å². The van der Waals surface area contributed by atoms with Crippen LogP contribution in [0.1, 0.15) is 38.5 Å². The second kappa shape index (κ2) is 7.33. The summed E-state index contributed by atoms with van der Waals surface area (Å²) in [6.07, 6.45) is 4.99. The first-order valence-corrected chi connectivity index (χ1v) is 6.81. The van der Waals surface area contributed by atoms with E-state index in [0.717, 1.165) is 32.1 Å². The van der Waals surface area contributed by atoms with Crippen molar-refractivity contribution in [2.24, 2.45) is 5.41 Å². The summed E-state index contributed by atoms with van der Waals surface area (Å²) in [6.45, 7) is 0.593. The zero-order chi connectivity index (χ0) is 14.3. The molecule has 0 unspecified atom stereocenters. The number of nitrogens with zero attached hydrogens (tertiary/aromatic N) is 1. The Morgan fingerprint density at radius 2 is 1.89 bits per heavy atom. The predicted octanol–water partition coefficient (Wildman–Crippen LogP) is 1.05. The Kier molecular flexibility index (Phi) is 6.08. The molecule has 0 aromatic carbocycles. The third kappa shape index (κ3) is 5.06. The number of carbonyl (C=O) groups is 2. The molecule has 0 aromatic heterocycles. The number of likely N-dealkylation sites (N-methyl/N-ethyl adjacent to an activating group) is 1. The largest absolute Gasteiger partial charge is 0.481 e. The predicted molar refractivity (Wildman–Crippen MR) is 70.9 cm³/mol. The lowest BCUT2D eigenvalue weighted by Gasteiger charge is -2.36. The van der Waals surface area contributed by atoms with Gasteiger partial charge < -0.3 is 20.4 Å². The van der Waals surface area contributed by atoms with Crippen LogP contribution in [0.5, 0.6) is 0 Å². The van der Waals surface area contributed by atoms with Crippen molar-refractivity contribution in [2.75, 3.05) is 26.7 Å². The number of hydrogen-bond acceptors (Lipinski definition) is 3. The van der Waals surface area contributed by atoms with Gasteiger partial charge >= 0.3 is 12.0 Å². The number of carbonyl (C=O) groups excluding carboxylic acids is 1. The smallest absolute Gasteiger partial charge is 0.317 e. The molecule has 1 fully saturated rings. The number of amides is 2. The summed E-state index contributed by atoms with van der Waals surface area (Å²) >= 11 is 0. The quantitative estimate of drug-likeness (QED) is 0.674. The normalized spacial score (nSPS) is 17.8. The molecule has 0 aliphatic heterocycles. The molecule has 6 heteroatoms. The van der Waals surface area contributed by atoms with E-state index in [4.69, 9.17) is 10.2 Å². The average molecular weight is 272 g/mol. The number of urea groups is 1. The van der Waals surface area contributed by atoms with Crippen LogP contribution in [0.3, 0.4) is 0 Å². The highest BCUT2D eigenvalue weighted by Crippen LogP contribution is 2.38. The number of hydrogen-bond donors (Lipinski definition) is 3. The van der Waals surface area contributed by atoms with Gasteiger partial charge in [0.2, 0.25) is 0 Å². The highest BCUT2D eigenvalue weighted by atomic mass is 16.4. The lowest BCUT2D eigenvalue weighted by molar-refractivity contribution is -0.140. The fraction of sp³-hybridized carbons (Fsp3) is 0.846. The Hall–Kier alpha value is -1.30. The van der Waals surface area contributed by atoms with Crippen LogP contribution in [0.4, 0.5) is 4.79 Å². The van der Waals surface area contributed by atoms with Gasteiger partial charge in [-0.05, 0) is 18.3 Å². The molecular formula is C13H24N2O4. The molecular weight excluding hydrogens is 248 g/mol. The van der Waals surface area contributed by atoms with Gasteiger partial charge in [0.05, 0.1) is 13.0 Å². The van der Waals surface area contributed by atoms with Gasteiger partial charge in [0.25, 0.3) is 0 Å². The molecule has 1 saturated carbocycles. The molecule has 110 valence electrons. The molecule has 0 heterocycles. The highest BCUT2D eigenvalue weighted by Gasteiger charge is 2.34. The molecule has 1 aliphatic rings. The topological polar surface area (TPSA) is 89.9 Å². The van der Waals surface area contributed by atoms with Gasteiger partial charge in [-0.3, -0.25) is 4.79 Å². The molecule has 0 bridgehead atoms. The van der Waals surface area contributed by atoms with Crippen LogP contribution in [0.15, 0.2) is 0 Å². The van der Waals surface area contributed by atoms with Crippen molar-refractivity contribution in [3.8, 4) is 0 Å². The Balaban J connectivity index is 2.53. The van der Waals surface area contributed by atoms with Crippen LogP contribution in [-0.4, -0.2) is 53.9 Å². The van der Waals surface area contributed by atoms with Crippen molar-refractivity contribution in [3.05, 3.63) is 0 Å². The van der Waals surface area contributed by atoms with Gasteiger partial charge in [0.1, 0.15) is 0 Å². The van der Waals surface area contributed by atoms with E-state index in [-0.39, 0.29) is 31.0 Å². The number of aliphatic carboxylic acids is 1. The summed E-state index contributed by atoms with van der Waals surface area (Å²) in [5.74, 6) is -0.806. The SMILES string of the molecule is CN(CCO)C(=O)NCC1(CC(=O)O)CCCCC1. The molecule has 1 aliphatic carbocycles. The van der Waals surface area contributed by atoms with E-state index in [1.165, 1.54) is 4.90 Å². The summed E-state index contributed by atoms with van der Waals surface area (Å²) in [7, 11) is 1.61. The average Bonchev–Trinajstić information content (AvgIpc) is 2.36. The summed E-state index contributed by atoms with van der Waals surface area (Å²) in [4.78, 5) is 24.2. The minimum atomic E-state index is -0.806. The summed E-state index contributed by atoms with van der Waals surface area (Å²) in [5, 5.41) is 20.6. The molecule has 0 radical (unpaired) electrons. The van der Waals surface area contributed by atoms with Gasteiger partial charge in [0, 0.05) is 20.1 Å². The van der Waals surface area contributed by atoms with E-state index in [1.807, 2.05) is 0 Å². The molecule has 2 amide bonds. The maximum Gasteiger partial charge on any atom is 0.317 e. The lowest BCUT2D eigenvalue weighted by atomic mass is 9.72. The van der Waals surface area contributed by atoms with Crippen LogP contribution in [0, 0.1) is 5.41 Å². The molecule has 3 N–H and O–H groups in total. The molecule has 1 rings (SSSR count). The lowest BCUT2D eigenvalue weighted by Crippen LogP contribution is -2.45. The van der Waals surface area contributed by atoms with Crippen molar-refractivity contribution in [1.82, 2.24) is 10.2 Å². The maximum absolute atomic E-state index is 11.8. The molecule has 6 nitrogen and oxygen atoms in total. The minimum Gasteiger partial charge on any atom is -0.481 e. The van der Waals surface area contributed by atoms with Crippen LogP contribution in [0.2, 0.25) is 0 Å². The van der Waals surface area contributed by atoms with E-state index in [0.29, 0.717) is 6.54 Å². The number of carboxylic acids is 1. The van der Waals surface area contributed by atoms with Crippen molar-refractivity contribution in [3.63, 3.8) is 0 Å². The highest BCUT2D eigenvalue weighted by molar-refractivity contribution is 5.74. The Morgan fingerprint density at radius 1 is 1.26 bits per heavy atom. The summed E-state index contributed by atoms with van der Waals surface area (Å²) in [6, 6.07) is -0.260. The third-order valence-electron chi connectivity index (χ3n) is 3.84. The first-order valence-electron chi connectivity index (χ1n) is 6.81. The van der Waals surface area contributed by atoms with Crippen LogP contribution >= 0.6 is 0 Å². The fourth-order valence-corrected chi connectivity index (χ4v) is 2.69. The van der Waals surface area contributed by atoms with Gasteiger partial charge in [-0.25, -0.2) is 4.79 Å². The molecule has 19 heavy (non-hydrogen) atoms. The second-order valence-corrected chi connectivity index (χ2v) is 5.44. The van der Waals surface area contributed by atoms with Gasteiger partial charge in [-0.15, -0.1) is 0 Å². The number of aliphatic hydroxyl groups is 1. The van der Waals surface area contributed by atoms with Crippen molar-refractivity contribution >= 4 is 12.0 Å². The third-order valence-corrected chi connectivity index (χ3v) is 3.84. The van der Waals surface area contributed by atoms with Crippen LogP contribution < -0.4 is 5.32 Å². The second-order valence-electron chi connectivity index (χ2n) is 5.44. The van der Waals surface area contributed by atoms with Crippen LogP contribution in [-0.2, 0) is 4.79 Å². The standard InChI is InChI=1S/C13H24N2O4/c1-15(7-8-16)12(19)14-10-13(9-11(17)18)5-3-2-4-6-13/h16H,2-10H2,1H3,(H,14,19)(H,17,18). The molecule has 0 aromatic rings.